The lowest BCUT2D eigenvalue weighted by molar-refractivity contribution is 0.668. The molecule has 98 valence electrons. The van der Waals surface area contributed by atoms with Crippen molar-refractivity contribution in [2.24, 2.45) is 12.8 Å². The molecule has 4 heteroatoms. The smallest absolute Gasteiger partial charge is 0.110 e. The second kappa shape index (κ2) is 4.90. The van der Waals surface area contributed by atoms with Crippen LogP contribution < -0.4 is 5.73 Å². The van der Waals surface area contributed by atoms with Gasteiger partial charge in [0.15, 0.2) is 0 Å². The number of hydrogen-bond donors (Lipinski definition) is 1. The van der Waals surface area contributed by atoms with Crippen molar-refractivity contribution in [2.45, 2.75) is 19.5 Å². The van der Waals surface area contributed by atoms with Crippen LogP contribution in [0.5, 0.6) is 0 Å². The van der Waals surface area contributed by atoms with Crippen molar-refractivity contribution in [1.82, 2.24) is 14.1 Å². The predicted molar refractivity (Wildman–Crippen MR) is 76.7 cm³/mol. The van der Waals surface area contributed by atoms with Gasteiger partial charge < -0.3 is 14.9 Å². The molecule has 3 rings (SSSR count). The molecule has 4 nitrogen and oxygen atoms in total. The molecule has 0 saturated carbocycles. The zero-order valence-electron chi connectivity index (χ0n) is 11.1. The molecule has 0 atom stereocenters. The fraction of sp³-hybridized carbons (Fsp3) is 0.267. The van der Waals surface area contributed by atoms with Crippen molar-refractivity contribution in [2.75, 3.05) is 0 Å². The highest BCUT2D eigenvalue weighted by atomic mass is 15.0. The zero-order valence-corrected chi connectivity index (χ0v) is 11.1. The van der Waals surface area contributed by atoms with E-state index in [4.69, 9.17) is 5.73 Å². The predicted octanol–water partition coefficient (Wildman–Crippen LogP) is 2.08. The van der Waals surface area contributed by atoms with Crippen LogP contribution in [0.25, 0.3) is 10.9 Å². The van der Waals surface area contributed by atoms with Gasteiger partial charge >= 0.3 is 0 Å². The zero-order chi connectivity index (χ0) is 13.2. The first-order chi connectivity index (χ1) is 9.29. The molecule has 0 bridgehead atoms. The SMILES string of the molecule is Cn1ccnc1CCn1ccc2c(CN)cccc21. The summed E-state index contributed by atoms with van der Waals surface area (Å²) in [5, 5.41) is 1.25. The summed E-state index contributed by atoms with van der Waals surface area (Å²) in [7, 11) is 2.03. The molecule has 0 unspecified atom stereocenters. The van der Waals surface area contributed by atoms with Crippen LogP contribution in [0.4, 0.5) is 0 Å². The van der Waals surface area contributed by atoms with Gasteiger partial charge in [0.1, 0.15) is 5.82 Å². The lowest BCUT2D eigenvalue weighted by Gasteiger charge is -2.07. The van der Waals surface area contributed by atoms with Crippen LogP contribution in [-0.2, 0) is 26.6 Å². The standard InChI is InChI=1S/C15H18N4/c1-18-10-7-17-15(18)6-9-19-8-5-13-12(11-16)3-2-4-14(13)19/h2-5,7-8,10H,6,9,11,16H2,1H3. The molecule has 0 amide bonds. The van der Waals surface area contributed by atoms with Crippen molar-refractivity contribution in [1.29, 1.82) is 0 Å². The van der Waals surface area contributed by atoms with Crippen molar-refractivity contribution in [3.63, 3.8) is 0 Å². The third-order valence-electron chi connectivity index (χ3n) is 3.62. The normalized spacial score (nSPS) is 11.3. The van der Waals surface area contributed by atoms with Crippen LogP contribution in [0, 0.1) is 0 Å². The van der Waals surface area contributed by atoms with E-state index in [0.717, 1.165) is 18.8 Å². The quantitative estimate of drug-likeness (QED) is 0.775. The van der Waals surface area contributed by atoms with Gasteiger partial charge in [-0.15, -0.1) is 0 Å². The lowest BCUT2D eigenvalue weighted by atomic mass is 10.1. The molecule has 1 aromatic carbocycles. The van der Waals surface area contributed by atoms with Gasteiger partial charge in [-0.2, -0.15) is 0 Å². The third kappa shape index (κ3) is 2.15. The minimum atomic E-state index is 0.584. The molecule has 2 heterocycles. The molecular weight excluding hydrogens is 236 g/mol. The summed E-state index contributed by atoms with van der Waals surface area (Å²) in [6, 6.07) is 8.45. The lowest BCUT2D eigenvalue weighted by Crippen LogP contribution is -2.05. The first-order valence-corrected chi connectivity index (χ1v) is 6.52. The van der Waals surface area contributed by atoms with Crippen LogP contribution in [0.1, 0.15) is 11.4 Å². The van der Waals surface area contributed by atoms with Crippen LogP contribution in [0.2, 0.25) is 0 Å². The number of aryl methyl sites for hydroxylation is 3. The van der Waals surface area contributed by atoms with E-state index in [1.807, 2.05) is 19.4 Å². The van der Waals surface area contributed by atoms with Gasteiger partial charge in [-0.1, -0.05) is 12.1 Å². The van der Waals surface area contributed by atoms with Gasteiger partial charge in [-0.3, -0.25) is 0 Å². The third-order valence-corrected chi connectivity index (χ3v) is 3.62. The highest BCUT2D eigenvalue weighted by molar-refractivity contribution is 5.83. The van der Waals surface area contributed by atoms with Crippen molar-refractivity contribution in [3.8, 4) is 0 Å². The number of hydrogen-bond acceptors (Lipinski definition) is 2. The summed E-state index contributed by atoms with van der Waals surface area (Å²) in [4.78, 5) is 4.36. The first-order valence-electron chi connectivity index (χ1n) is 6.52. The maximum atomic E-state index is 5.77. The van der Waals surface area contributed by atoms with Crippen LogP contribution in [0.15, 0.2) is 42.9 Å². The van der Waals surface area contributed by atoms with E-state index in [0.29, 0.717) is 6.54 Å². The van der Waals surface area contributed by atoms with Crippen LogP contribution >= 0.6 is 0 Å². The minimum Gasteiger partial charge on any atom is -0.347 e. The largest absolute Gasteiger partial charge is 0.347 e. The topological polar surface area (TPSA) is 48.8 Å². The Labute approximate surface area is 112 Å². The number of benzene rings is 1. The molecule has 3 aromatic rings. The van der Waals surface area contributed by atoms with Crippen LogP contribution in [-0.4, -0.2) is 14.1 Å². The van der Waals surface area contributed by atoms with Gasteiger partial charge in [0.05, 0.1) is 0 Å². The van der Waals surface area contributed by atoms with Gasteiger partial charge in [0.25, 0.3) is 0 Å². The molecule has 0 fully saturated rings. The molecular formula is C15H18N4. The maximum Gasteiger partial charge on any atom is 0.110 e. The Morgan fingerprint density at radius 1 is 1.21 bits per heavy atom. The molecule has 0 radical (unpaired) electrons. The van der Waals surface area contributed by atoms with E-state index in [1.54, 1.807) is 0 Å². The highest BCUT2D eigenvalue weighted by Gasteiger charge is 2.05. The Kier molecular flexibility index (Phi) is 3.09. The Bertz CT molecular complexity index is 693. The summed E-state index contributed by atoms with van der Waals surface area (Å²) < 4.78 is 4.33. The maximum absolute atomic E-state index is 5.77. The molecule has 0 saturated heterocycles. The number of imidazole rings is 1. The number of rotatable bonds is 4. The average Bonchev–Trinajstić information content (AvgIpc) is 3.02. The van der Waals surface area contributed by atoms with Gasteiger partial charge in [0, 0.05) is 56.1 Å². The number of nitrogens with two attached hydrogens (primary N) is 1. The van der Waals surface area contributed by atoms with Gasteiger partial charge in [-0.05, 0) is 17.7 Å². The molecule has 19 heavy (non-hydrogen) atoms. The monoisotopic (exact) mass is 254 g/mol. The Morgan fingerprint density at radius 2 is 2.11 bits per heavy atom. The number of aromatic nitrogens is 3. The second-order valence-corrected chi connectivity index (χ2v) is 4.77. The van der Waals surface area contributed by atoms with E-state index >= 15 is 0 Å². The van der Waals surface area contributed by atoms with Crippen molar-refractivity contribution < 1.29 is 0 Å². The number of nitrogens with zero attached hydrogens (tertiary/aromatic N) is 3. The highest BCUT2D eigenvalue weighted by Crippen LogP contribution is 2.20. The summed E-state index contributed by atoms with van der Waals surface area (Å²) in [6.07, 6.45) is 6.89. The Morgan fingerprint density at radius 3 is 2.84 bits per heavy atom. The fourth-order valence-corrected chi connectivity index (χ4v) is 2.52. The fourth-order valence-electron chi connectivity index (χ4n) is 2.52. The van der Waals surface area contributed by atoms with Crippen molar-refractivity contribution in [3.05, 3.63) is 54.2 Å². The van der Waals surface area contributed by atoms with E-state index in [9.17, 15) is 0 Å². The van der Waals surface area contributed by atoms with Gasteiger partial charge in [-0.25, -0.2) is 4.98 Å². The Balaban J connectivity index is 1.88. The average molecular weight is 254 g/mol. The van der Waals surface area contributed by atoms with E-state index < -0.39 is 0 Å². The summed E-state index contributed by atoms with van der Waals surface area (Å²) in [5.41, 5.74) is 8.22. The van der Waals surface area contributed by atoms with Crippen molar-refractivity contribution >= 4 is 10.9 Å². The summed E-state index contributed by atoms with van der Waals surface area (Å²) >= 11 is 0. The summed E-state index contributed by atoms with van der Waals surface area (Å²) in [5.74, 6) is 1.11. The number of fused-ring (bicyclic) bond motifs is 1. The van der Waals surface area contributed by atoms with E-state index in [-0.39, 0.29) is 0 Å². The summed E-state index contributed by atoms with van der Waals surface area (Å²) in [6.45, 7) is 1.52. The molecule has 0 spiro atoms. The molecule has 0 aliphatic rings. The molecule has 2 N–H and O–H groups in total. The van der Waals surface area contributed by atoms with Crippen LogP contribution in [0.3, 0.4) is 0 Å². The minimum absolute atomic E-state index is 0.584. The van der Waals surface area contributed by atoms with Gasteiger partial charge in [0.2, 0.25) is 0 Å². The molecule has 0 aliphatic carbocycles. The second-order valence-electron chi connectivity index (χ2n) is 4.77. The molecule has 0 aliphatic heterocycles. The first kappa shape index (κ1) is 12.0. The van der Waals surface area contributed by atoms with E-state index in [1.165, 1.54) is 16.5 Å². The molecule has 2 aromatic heterocycles. The Hall–Kier alpha value is -2.07. The van der Waals surface area contributed by atoms with E-state index in [2.05, 4.69) is 44.6 Å².